The van der Waals surface area contributed by atoms with Gasteiger partial charge < -0.3 is 15.2 Å². The molecule has 2 aromatic rings. The molecule has 1 aliphatic rings. The number of aromatic nitrogens is 1. The minimum atomic E-state index is -3.23. The molecular weight excluding hydrogens is 485 g/mol. The molecule has 2 amide bonds. The molecule has 36 heavy (non-hydrogen) atoms. The van der Waals surface area contributed by atoms with E-state index in [2.05, 4.69) is 0 Å². The van der Waals surface area contributed by atoms with Crippen molar-refractivity contribution in [1.82, 2.24) is 4.57 Å². The molecule has 0 radical (unpaired) electrons. The lowest BCUT2D eigenvalue weighted by molar-refractivity contribution is -0.115. The molecule has 196 valence electrons. The number of halogens is 1. The normalized spacial score (nSPS) is 18.3. The number of primary amides is 1. The highest BCUT2D eigenvalue weighted by Gasteiger charge is 2.38. The summed E-state index contributed by atoms with van der Waals surface area (Å²) in [7, 11) is -1.60. The van der Waals surface area contributed by atoms with E-state index in [1.807, 2.05) is 13.8 Å². The highest BCUT2D eigenvalue weighted by molar-refractivity contribution is 7.91. The van der Waals surface area contributed by atoms with Crippen molar-refractivity contribution in [2.24, 2.45) is 12.8 Å². The average molecular weight is 520 g/mol. The van der Waals surface area contributed by atoms with Crippen LogP contribution in [0.2, 0.25) is 0 Å². The van der Waals surface area contributed by atoms with Gasteiger partial charge in [-0.3, -0.25) is 14.4 Å². The van der Waals surface area contributed by atoms with Crippen molar-refractivity contribution in [3.63, 3.8) is 0 Å². The highest BCUT2D eigenvalue weighted by atomic mass is 32.2. The van der Waals surface area contributed by atoms with Crippen LogP contribution in [0.1, 0.15) is 83.1 Å². The molecule has 0 spiro atoms. The smallest absolute Gasteiger partial charge is 0.301 e. The summed E-state index contributed by atoms with van der Waals surface area (Å²) in [5.74, 6) is -2.88. The van der Waals surface area contributed by atoms with Gasteiger partial charge in [-0.2, -0.15) is 0 Å². The molecule has 8 nitrogen and oxygen atoms in total. The predicted molar refractivity (Wildman–Crippen MR) is 137 cm³/mol. The zero-order valence-corrected chi connectivity index (χ0v) is 22.4. The third kappa shape index (κ3) is 5.09. The van der Waals surface area contributed by atoms with Crippen molar-refractivity contribution in [2.75, 3.05) is 11.2 Å². The Hall–Kier alpha value is -3.01. The number of nitrogens with zero attached hydrogens (tertiary/aromatic N) is 2. The summed E-state index contributed by atoms with van der Waals surface area (Å²) in [4.78, 5) is 41.1. The SMILES string of the molecule is Cc1cc(N(C(=O)C(=O)c2c(C)c(C(N)=O)c(C(C)C)n2C)C2CCC(S(C)(=O)=O)CC2)ccc1F. The largest absolute Gasteiger partial charge is 0.366 e. The number of anilines is 1. The molecule has 1 aliphatic carbocycles. The maximum absolute atomic E-state index is 14.0. The van der Waals surface area contributed by atoms with Gasteiger partial charge in [0, 0.05) is 30.7 Å². The van der Waals surface area contributed by atoms with E-state index < -0.39 is 44.5 Å². The van der Waals surface area contributed by atoms with Gasteiger partial charge in [0.1, 0.15) is 15.7 Å². The number of sulfone groups is 1. The summed E-state index contributed by atoms with van der Waals surface area (Å²) < 4.78 is 39.7. The van der Waals surface area contributed by atoms with E-state index in [0.29, 0.717) is 48.2 Å². The van der Waals surface area contributed by atoms with Crippen molar-refractivity contribution in [3.05, 3.63) is 52.1 Å². The van der Waals surface area contributed by atoms with Crippen LogP contribution in [-0.4, -0.2) is 48.1 Å². The Bertz CT molecular complexity index is 1320. The maximum Gasteiger partial charge on any atom is 0.301 e. The van der Waals surface area contributed by atoms with Gasteiger partial charge in [0.05, 0.1) is 16.5 Å². The van der Waals surface area contributed by atoms with Crippen LogP contribution in [0.15, 0.2) is 18.2 Å². The van der Waals surface area contributed by atoms with Crippen molar-refractivity contribution >= 4 is 33.1 Å². The summed E-state index contributed by atoms with van der Waals surface area (Å²) in [5, 5.41) is -0.502. The second-order valence-electron chi connectivity index (χ2n) is 10.0. The van der Waals surface area contributed by atoms with Crippen LogP contribution in [-0.2, 0) is 21.7 Å². The van der Waals surface area contributed by atoms with Gasteiger partial charge >= 0.3 is 5.91 Å². The van der Waals surface area contributed by atoms with E-state index in [-0.39, 0.29) is 17.2 Å². The van der Waals surface area contributed by atoms with Gasteiger partial charge in [0.2, 0.25) is 0 Å². The van der Waals surface area contributed by atoms with Crippen LogP contribution in [0.5, 0.6) is 0 Å². The lowest BCUT2D eigenvalue weighted by Gasteiger charge is -2.36. The zero-order valence-electron chi connectivity index (χ0n) is 21.6. The van der Waals surface area contributed by atoms with Crippen LogP contribution in [0.25, 0.3) is 0 Å². The molecule has 0 atom stereocenters. The van der Waals surface area contributed by atoms with Gasteiger partial charge in [-0.25, -0.2) is 12.8 Å². The lowest BCUT2D eigenvalue weighted by atomic mass is 9.92. The summed E-state index contributed by atoms with van der Waals surface area (Å²) in [5.41, 5.74) is 7.49. The summed E-state index contributed by atoms with van der Waals surface area (Å²) in [6, 6.07) is 3.76. The number of benzene rings is 1. The van der Waals surface area contributed by atoms with E-state index in [1.165, 1.54) is 29.4 Å². The standard InChI is InChI=1S/C26H34FN3O5S/c1-14(2)22-21(25(28)32)16(4)23(29(22)5)24(31)26(33)30(18-9-12-20(27)15(3)13-18)17-7-10-19(11-8-17)36(6,34)35/h9,12-14,17,19H,7-8,10-11H2,1-6H3,(H2,28,32). The first kappa shape index (κ1) is 27.6. The van der Waals surface area contributed by atoms with Crippen molar-refractivity contribution < 1.29 is 27.2 Å². The molecule has 2 N–H and O–H groups in total. The molecule has 0 aliphatic heterocycles. The van der Waals surface area contributed by atoms with Gasteiger partial charge in [0.25, 0.3) is 11.7 Å². The molecule has 1 aromatic carbocycles. The highest BCUT2D eigenvalue weighted by Crippen LogP contribution is 2.33. The Morgan fingerprint density at radius 3 is 2.14 bits per heavy atom. The number of carbonyl (C=O) groups is 3. The minimum Gasteiger partial charge on any atom is -0.366 e. The number of amides is 2. The Balaban J connectivity index is 2.08. The Morgan fingerprint density at radius 2 is 1.69 bits per heavy atom. The summed E-state index contributed by atoms with van der Waals surface area (Å²) in [6.07, 6.45) is 2.67. The fourth-order valence-corrected chi connectivity index (χ4v) is 6.50. The quantitative estimate of drug-likeness (QED) is 0.443. The molecule has 0 unspecified atom stereocenters. The number of aryl methyl sites for hydroxylation is 1. The first-order chi connectivity index (χ1) is 16.7. The number of ketones is 1. The number of rotatable bonds is 7. The third-order valence-corrected chi connectivity index (χ3v) is 8.82. The number of nitrogens with two attached hydrogens (primary N) is 1. The molecule has 1 saturated carbocycles. The van der Waals surface area contributed by atoms with Crippen molar-refractivity contribution in [3.8, 4) is 0 Å². The van der Waals surface area contributed by atoms with E-state index in [0.717, 1.165) is 0 Å². The van der Waals surface area contributed by atoms with Crippen LogP contribution >= 0.6 is 0 Å². The molecular formula is C26H34FN3O5S. The second kappa shape index (κ2) is 10.2. The number of Topliss-reactive ketones (excluding diaryl/α,β-unsaturated/α-hetero) is 1. The van der Waals surface area contributed by atoms with Crippen molar-refractivity contribution in [2.45, 2.75) is 70.6 Å². The van der Waals surface area contributed by atoms with Gasteiger partial charge in [-0.1, -0.05) is 13.8 Å². The Kier molecular flexibility index (Phi) is 7.78. The molecule has 1 fully saturated rings. The minimum absolute atomic E-state index is 0.0751. The van der Waals surface area contributed by atoms with Gasteiger partial charge in [0.15, 0.2) is 0 Å². The van der Waals surface area contributed by atoms with Gasteiger partial charge in [-0.05, 0) is 74.8 Å². The topological polar surface area (TPSA) is 120 Å². The maximum atomic E-state index is 14.0. The average Bonchev–Trinajstić information content (AvgIpc) is 3.06. The monoisotopic (exact) mass is 519 g/mol. The van der Waals surface area contributed by atoms with Crippen molar-refractivity contribution in [1.29, 1.82) is 0 Å². The zero-order chi connectivity index (χ0) is 27.1. The number of carbonyl (C=O) groups excluding carboxylic acids is 3. The number of hydrogen-bond acceptors (Lipinski definition) is 5. The van der Waals surface area contributed by atoms with Gasteiger partial charge in [-0.15, -0.1) is 0 Å². The predicted octanol–water partition coefficient (Wildman–Crippen LogP) is 3.58. The fraction of sp³-hybridized carbons (Fsp3) is 0.500. The van der Waals surface area contributed by atoms with Crippen LogP contribution in [0.4, 0.5) is 10.1 Å². The molecule has 3 rings (SSSR count). The molecule has 10 heteroatoms. The van der Waals surface area contributed by atoms with Crippen LogP contribution in [0, 0.1) is 19.7 Å². The van der Waals surface area contributed by atoms with E-state index in [1.54, 1.807) is 25.5 Å². The molecule has 1 heterocycles. The molecule has 0 bridgehead atoms. The Labute approximate surface area is 211 Å². The van der Waals surface area contributed by atoms with Crippen LogP contribution in [0.3, 0.4) is 0 Å². The first-order valence-electron chi connectivity index (χ1n) is 12.0. The number of hydrogen-bond donors (Lipinski definition) is 1. The lowest BCUT2D eigenvalue weighted by Crippen LogP contribution is -2.47. The molecule has 1 aromatic heterocycles. The summed E-state index contributed by atoms with van der Waals surface area (Å²) >= 11 is 0. The second-order valence-corrected chi connectivity index (χ2v) is 12.3. The Morgan fingerprint density at radius 1 is 1.11 bits per heavy atom. The van der Waals surface area contributed by atoms with E-state index in [9.17, 15) is 27.2 Å². The fourth-order valence-electron chi connectivity index (χ4n) is 5.37. The third-order valence-electron chi connectivity index (χ3n) is 7.14. The van der Waals surface area contributed by atoms with E-state index >= 15 is 0 Å². The molecule has 0 saturated heterocycles. The first-order valence-corrected chi connectivity index (χ1v) is 13.9. The van der Waals surface area contributed by atoms with Crippen LogP contribution < -0.4 is 10.6 Å². The summed E-state index contributed by atoms with van der Waals surface area (Å²) in [6.45, 7) is 6.89. The van der Waals surface area contributed by atoms with E-state index in [4.69, 9.17) is 5.73 Å².